The third kappa shape index (κ3) is 3.26. The quantitative estimate of drug-likeness (QED) is 0.494. The van der Waals surface area contributed by atoms with E-state index in [4.69, 9.17) is 22.1 Å². The summed E-state index contributed by atoms with van der Waals surface area (Å²) in [4.78, 5) is 26.6. The summed E-state index contributed by atoms with van der Waals surface area (Å²) in [6, 6.07) is 5.81. The molecule has 1 amide bonds. The first-order valence-corrected chi connectivity index (χ1v) is 10.9. The van der Waals surface area contributed by atoms with Crippen LogP contribution in [0.4, 0.5) is 11.4 Å². The number of fused-ring (bicyclic) bond motifs is 3. The molecule has 9 heteroatoms. The third-order valence-corrected chi connectivity index (χ3v) is 6.82. The number of amides is 1. The average Bonchev–Trinajstić information content (AvgIpc) is 3.49. The van der Waals surface area contributed by atoms with Crippen molar-refractivity contribution in [1.82, 2.24) is 15.0 Å². The fraction of sp³-hybridized carbons (Fsp3) is 0.348. The van der Waals surface area contributed by atoms with Gasteiger partial charge in [-0.25, -0.2) is 9.97 Å². The lowest BCUT2D eigenvalue weighted by molar-refractivity contribution is -0.122. The molecular formula is C23H25ClN6O2. The summed E-state index contributed by atoms with van der Waals surface area (Å²) >= 11 is 6.54. The maximum Gasteiger partial charge on any atom is 0.223 e. The van der Waals surface area contributed by atoms with Gasteiger partial charge in [-0.1, -0.05) is 23.8 Å². The first-order valence-electron chi connectivity index (χ1n) is 10.5. The Kier molecular flexibility index (Phi) is 4.97. The van der Waals surface area contributed by atoms with Gasteiger partial charge >= 0.3 is 0 Å². The number of aromatic nitrogens is 3. The van der Waals surface area contributed by atoms with E-state index in [1.54, 1.807) is 13.3 Å². The molecule has 32 heavy (non-hydrogen) atoms. The largest absolute Gasteiger partial charge is 0.496 e. The number of hydrogen-bond donors (Lipinski definition) is 3. The van der Waals surface area contributed by atoms with E-state index in [0.29, 0.717) is 33.4 Å². The lowest BCUT2D eigenvalue weighted by Gasteiger charge is -2.28. The van der Waals surface area contributed by atoms with Crippen molar-refractivity contribution in [2.45, 2.75) is 12.5 Å². The topological polar surface area (TPSA) is 109 Å². The number of rotatable bonds is 6. The van der Waals surface area contributed by atoms with E-state index in [9.17, 15) is 4.79 Å². The van der Waals surface area contributed by atoms with Gasteiger partial charge in [0.05, 0.1) is 35.5 Å². The van der Waals surface area contributed by atoms with Gasteiger partial charge in [0, 0.05) is 31.9 Å². The van der Waals surface area contributed by atoms with E-state index in [2.05, 4.69) is 32.4 Å². The molecule has 0 saturated heterocycles. The number of halogens is 1. The van der Waals surface area contributed by atoms with Crippen LogP contribution in [-0.2, 0) is 4.79 Å². The monoisotopic (exact) mass is 452 g/mol. The summed E-state index contributed by atoms with van der Waals surface area (Å²) in [5.41, 5.74) is 9.45. The highest BCUT2D eigenvalue weighted by Crippen LogP contribution is 2.46. The Labute approximate surface area is 190 Å². The number of allylic oxidation sites excluding steroid dienone is 1. The Morgan fingerprint density at radius 2 is 2.09 bits per heavy atom. The number of methoxy groups -OCH3 is 1. The highest BCUT2D eigenvalue weighted by molar-refractivity contribution is 6.34. The summed E-state index contributed by atoms with van der Waals surface area (Å²) in [5, 5.41) is 3.96. The van der Waals surface area contributed by atoms with Crippen LogP contribution >= 0.6 is 11.6 Å². The fourth-order valence-corrected chi connectivity index (χ4v) is 5.13. The molecule has 3 aromatic rings. The lowest BCUT2D eigenvalue weighted by atomic mass is 9.88. The second-order valence-corrected chi connectivity index (χ2v) is 9.00. The summed E-state index contributed by atoms with van der Waals surface area (Å²) in [7, 11) is 5.59. The first-order chi connectivity index (χ1) is 15.4. The van der Waals surface area contributed by atoms with Crippen molar-refractivity contribution < 1.29 is 9.53 Å². The molecule has 0 radical (unpaired) electrons. The Hall–Kier alpha value is -3.26. The number of nitrogens with one attached hydrogen (secondary N) is 2. The van der Waals surface area contributed by atoms with Crippen molar-refractivity contribution >= 4 is 40.0 Å². The van der Waals surface area contributed by atoms with Gasteiger partial charge in [0.1, 0.15) is 17.1 Å². The standard InChI is InChI=1S/C23H25ClN6O2/c1-30(2)13-6-7-14(16(9-13)32-3)22-28-20-19(15(24)10-26-23(20)29-22)27-18-12-5-4-11(8-12)17(18)21(25)31/h4-7,9-12,17-18H,8H2,1-3H3,(H2,25,31)(H2,26,27,28,29)/t11-,12-,17+,18-/m1/s1. The van der Waals surface area contributed by atoms with Crippen LogP contribution in [0.5, 0.6) is 5.75 Å². The van der Waals surface area contributed by atoms with Crippen LogP contribution in [0.25, 0.3) is 22.6 Å². The number of nitrogens with zero attached hydrogens (tertiary/aromatic N) is 3. The SMILES string of the molecule is COc1cc(N(C)C)ccc1-c1nc2ncc(Cl)c(N[C@H]3[C@@H](C(N)=O)[C@@H]4C=C[C@@H]3C4)c2[nH]1. The average molecular weight is 453 g/mol. The Morgan fingerprint density at radius 1 is 1.31 bits per heavy atom. The first kappa shape index (κ1) is 20.6. The number of nitrogens with two attached hydrogens (primary N) is 1. The molecule has 2 bridgehead atoms. The number of imidazole rings is 1. The Balaban J connectivity index is 1.56. The predicted molar refractivity (Wildman–Crippen MR) is 126 cm³/mol. The van der Waals surface area contributed by atoms with Crippen molar-refractivity contribution in [1.29, 1.82) is 0 Å². The van der Waals surface area contributed by atoms with Crippen LogP contribution in [0, 0.1) is 17.8 Å². The zero-order valence-corrected chi connectivity index (χ0v) is 18.8. The number of benzene rings is 1. The minimum absolute atomic E-state index is 0.119. The molecule has 166 valence electrons. The molecule has 2 heterocycles. The number of pyridine rings is 1. The van der Waals surface area contributed by atoms with Crippen molar-refractivity contribution in [2.24, 2.45) is 23.5 Å². The van der Waals surface area contributed by atoms with E-state index in [1.165, 1.54) is 0 Å². The number of primary amides is 1. The van der Waals surface area contributed by atoms with Gasteiger partial charge < -0.3 is 25.7 Å². The second-order valence-electron chi connectivity index (χ2n) is 8.59. The molecule has 5 rings (SSSR count). The van der Waals surface area contributed by atoms with Crippen molar-refractivity contribution in [3.8, 4) is 17.1 Å². The van der Waals surface area contributed by atoms with Crippen molar-refractivity contribution in [3.63, 3.8) is 0 Å². The molecule has 0 aliphatic heterocycles. The lowest BCUT2D eigenvalue weighted by Crippen LogP contribution is -2.41. The van der Waals surface area contributed by atoms with Crippen LogP contribution < -0.4 is 20.7 Å². The van der Waals surface area contributed by atoms with Gasteiger partial charge in [0.2, 0.25) is 5.91 Å². The van der Waals surface area contributed by atoms with Crippen molar-refractivity contribution in [3.05, 3.63) is 41.6 Å². The zero-order valence-electron chi connectivity index (χ0n) is 18.1. The molecule has 1 fully saturated rings. The van der Waals surface area contributed by atoms with Crippen LogP contribution in [0.3, 0.4) is 0 Å². The highest BCUT2D eigenvalue weighted by atomic mass is 35.5. The molecule has 4 atom stereocenters. The van der Waals surface area contributed by atoms with Gasteiger partial charge in [-0.2, -0.15) is 0 Å². The van der Waals surface area contributed by atoms with Gasteiger partial charge in [0.25, 0.3) is 0 Å². The van der Waals surface area contributed by atoms with Gasteiger partial charge in [0.15, 0.2) is 5.65 Å². The number of carbonyl (C=O) groups excluding carboxylic acids is 1. The summed E-state index contributed by atoms with van der Waals surface area (Å²) in [6.07, 6.45) is 6.75. The van der Waals surface area contributed by atoms with E-state index >= 15 is 0 Å². The normalized spacial score (nSPS) is 23.6. The van der Waals surface area contributed by atoms with Crippen LogP contribution in [0.2, 0.25) is 5.02 Å². The molecule has 1 aromatic carbocycles. The number of H-pyrrole nitrogens is 1. The third-order valence-electron chi connectivity index (χ3n) is 6.53. The van der Waals surface area contributed by atoms with Crippen LogP contribution in [-0.4, -0.2) is 48.1 Å². The molecule has 2 aliphatic carbocycles. The number of ether oxygens (including phenoxy) is 1. The number of hydrogen-bond acceptors (Lipinski definition) is 6. The van der Waals surface area contributed by atoms with Gasteiger partial charge in [-0.05, 0) is 30.4 Å². The molecule has 1 saturated carbocycles. The molecule has 8 nitrogen and oxygen atoms in total. The highest BCUT2D eigenvalue weighted by Gasteiger charge is 2.47. The van der Waals surface area contributed by atoms with Gasteiger partial charge in [-0.3, -0.25) is 4.79 Å². The fourth-order valence-electron chi connectivity index (χ4n) is 4.93. The smallest absolute Gasteiger partial charge is 0.223 e. The van der Waals surface area contributed by atoms with Gasteiger partial charge in [-0.15, -0.1) is 0 Å². The van der Waals surface area contributed by atoms with Crippen LogP contribution in [0.1, 0.15) is 6.42 Å². The zero-order chi connectivity index (χ0) is 22.6. The maximum atomic E-state index is 12.1. The van der Waals surface area contributed by atoms with Crippen LogP contribution in [0.15, 0.2) is 36.5 Å². The summed E-state index contributed by atoms with van der Waals surface area (Å²) < 4.78 is 5.61. The molecular weight excluding hydrogens is 428 g/mol. The predicted octanol–water partition coefficient (Wildman–Crippen LogP) is 3.44. The van der Waals surface area contributed by atoms with E-state index in [0.717, 1.165) is 17.7 Å². The summed E-state index contributed by atoms with van der Waals surface area (Å²) in [6.45, 7) is 0. The van der Waals surface area contributed by atoms with Crippen molar-refractivity contribution in [2.75, 3.05) is 31.4 Å². The number of anilines is 2. The minimum Gasteiger partial charge on any atom is -0.496 e. The second kappa shape index (κ2) is 7.70. The molecule has 0 unspecified atom stereocenters. The number of carbonyl (C=O) groups is 1. The molecule has 4 N–H and O–H groups in total. The number of aromatic amines is 1. The molecule has 2 aliphatic rings. The minimum atomic E-state index is -0.295. The Bertz CT molecular complexity index is 1240. The Morgan fingerprint density at radius 3 is 2.81 bits per heavy atom. The molecule has 0 spiro atoms. The maximum absolute atomic E-state index is 12.1. The van der Waals surface area contributed by atoms with E-state index in [-0.39, 0.29) is 29.7 Å². The van der Waals surface area contributed by atoms with E-state index < -0.39 is 0 Å². The van der Waals surface area contributed by atoms with E-state index in [1.807, 2.05) is 37.2 Å². The molecule has 2 aromatic heterocycles. The summed E-state index contributed by atoms with van der Waals surface area (Å²) in [5.74, 6) is 1.16.